The largest absolute Gasteiger partial charge is 0.322 e. The first-order chi connectivity index (χ1) is 11.4. The molecule has 0 spiro atoms. The van der Waals surface area contributed by atoms with E-state index < -0.39 is 0 Å². The number of nitrogens with one attached hydrogen (secondary N) is 2. The van der Waals surface area contributed by atoms with Crippen molar-refractivity contribution in [3.8, 4) is 0 Å². The molecule has 1 atom stereocenters. The average molecular weight is 363 g/mol. The normalized spacial score (nSPS) is 16.4. The van der Waals surface area contributed by atoms with Crippen LogP contribution in [0.25, 0.3) is 0 Å². The molecule has 4 nitrogen and oxygen atoms in total. The molecular formula is C18H19ClN2O2S. The molecule has 126 valence electrons. The Hall–Kier alpha value is -1.85. The van der Waals surface area contributed by atoms with Crippen molar-refractivity contribution in [3.05, 3.63) is 45.3 Å². The van der Waals surface area contributed by atoms with Gasteiger partial charge < -0.3 is 10.6 Å². The summed E-state index contributed by atoms with van der Waals surface area (Å²) in [6, 6.07) is 6.99. The number of halogens is 1. The minimum Gasteiger partial charge on any atom is -0.322 e. The highest BCUT2D eigenvalue weighted by Crippen LogP contribution is 2.40. The van der Waals surface area contributed by atoms with Crippen LogP contribution < -0.4 is 10.6 Å². The lowest BCUT2D eigenvalue weighted by atomic mass is 9.88. The van der Waals surface area contributed by atoms with Crippen molar-refractivity contribution in [1.29, 1.82) is 0 Å². The van der Waals surface area contributed by atoms with E-state index in [9.17, 15) is 9.59 Å². The third kappa shape index (κ3) is 3.62. The van der Waals surface area contributed by atoms with Crippen LogP contribution in [0.1, 0.15) is 41.1 Å². The molecule has 1 heterocycles. The second-order valence-corrected chi connectivity index (χ2v) is 7.74. The molecule has 2 N–H and O–H groups in total. The summed E-state index contributed by atoms with van der Waals surface area (Å²) in [7, 11) is 0. The van der Waals surface area contributed by atoms with Gasteiger partial charge in [-0.25, -0.2) is 0 Å². The predicted octanol–water partition coefficient (Wildman–Crippen LogP) is 4.74. The van der Waals surface area contributed by atoms with E-state index in [0.29, 0.717) is 27.2 Å². The Bertz CT molecular complexity index is 783. The zero-order valence-corrected chi connectivity index (χ0v) is 15.2. The van der Waals surface area contributed by atoms with Gasteiger partial charge in [0.15, 0.2) is 0 Å². The summed E-state index contributed by atoms with van der Waals surface area (Å²) in [6.07, 6.45) is 2.89. The number of amides is 2. The number of benzene rings is 1. The molecule has 0 fully saturated rings. The van der Waals surface area contributed by atoms with Crippen LogP contribution in [-0.4, -0.2) is 11.8 Å². The van der Waals surface area contributed by atoms with Gasteiger partial charge in [-0.15, -0.1) is 11.3 Å². The standard InChI is InChI=1S/C18H19ClN2O2S/c1-10-3-8-14-15(9-10)24-18(20-11(2)22)16(14)17(23)21-13-6-4-12(19)5-7-13/h4-7,10H,3,8-9H2,1-2H3,(H,20,22)(H,21,23)/t10-/m0/s1. The van der Waals surface area contributed by atoms with Gasteiger partial charge in [-0.1, -0.05) is 18.5 Å². The van der Waals surface area contributed by atoms with Crippen LogP contribution in [0.15, 0.2) is 24.3 Å². The molecule has 1 aliphatic rings. The van der Waals surface area contributed by atoms with Crippen molar-refractivity contribution >= 4 is 45.4 Å². The van der Waals surface area contributed by atoms with Gasteiger partial charge >= 0.3 is 0 Å². The molecule has 1 aromatic heterocycles. The summed E-state index contributed by atoms with van der Waals surface area (Å²) in [5.74, 6) is 0.254. The van der Waals surface area contributed by atoms with E-state index in [2.05, 4.69) is 17.6 Å². The van der Waals surface area contributed by atoms with E-state index in [0.717, 1.165) is 24.8 Å². The van der Waals surface area contributed by atoms with E-state index in [1.54, 1.807) is 24.3 Å². The summed E-state index contributed by atoms with van der Waals surface area (Å²) in [5.41, 5.74) is 2.36. The Morgan fingerprint density at radius 3 is 2.58 bits per heavy atom. The molecular weight excluding hydrogens is 344 g/mol. The van der Waals surface area contributed by atoms with Gasteiger partial charge in [0.25, 0.3) is 5.91 Å². The molecule has 2 amide bonds. The summed E-state index contributed by atoms with van der Waals surface area (Å²) in [4.78, 5) is 25.5. The first-order valence-electron chi connectivity index (χ1n) is 7.93. The monoisotopic (exact) mass is 362 g/mol. The number of anilines is 2. The summed E-state index contributed by atoms with van der Waals surface area (Å²) >= 11 is 7.40. The highest BCUT2D eigenvalue weighted by atomic mass is 35.5. The molecule has 6 heteroatoms. The summed E-state index contributed by atoms with van der Waals surface area (Å²) in [6.45, 7) is 3.68. The maximum atomic E-state index is 12.8. The smallest absolute Gasteiger partial charge is 0.258 e. The van der Waals surface area contributed by atoms with Crippen LogP contribution in [0.2, 0.25) is 5.02 Å². The van der Waals surface area contributed by atoms with E-state index in [1.165, 1.54) is 23.1 Å². The number of thiophene rings is 1. The Morgan fingerprint density at radius 1 is 1.21 bits per heavy atom. The van der Waals surface area contributed by atoms with Crippen molar-refractivity contribution in [1.82, 2.24) is 0 Å². The molecule has 3 rings (SSSR count). The third-order valence-corrected chi connectivity index (χ3v) is 5.55. The second kappa shape index (κ2) is 6.95. The van der Waals surface area contributed by atoms with Crippen LogP contribution in [0.5, 0.6) is 0 Å². The third-order valence-electron chi connectivity index (χ3n) is 4.13. The number of hydrogen-bond donors (Lipinski definition) is 2. The molecule has 0 radical (unpaired) electrons. The minimum atomic E-state index is -0.187. The molecule has 0 unspecified atom stereocenters. The van der Waals surface area contributed by atoms with Crippen LogP contribution in [0.3, 0.4) is 0 Å². The Labute approximate surface area is 150 Å². The van der Waals surface area contributed by atoms with Gasteiger partial charge in [0, 0.05) is 22.5 Å². The van der Waals surface area contributed by atoms with Crippen molar-refractivity contribution in [2.75, 3.05) is 10.6 Å². The SMILES string of the molecule is CC(=O)Nc1sc2c(c1C(=O)Nc1ccc(Cl)cc1)CC[C@H](C)C2. The molecule has 0 saturated heterocycles. The van der Waals surface area contributed by atoms with E-state index in [-0.39, 0.29) is 11.8 Å². The van der Waals surface area contributed by atoms with Crippen molar-refractivity contribution in [3.63, 3.8) is 0 Å². The van der Waals surface area contributed by atoms with Crippen LogP contribution in [-0.2, 0) is 17.6 Å². The van der Waals surface area contributed by atoms with Crippen molar-refractivity contribution in [2.45, 2.75) is 33.1 Å². The molecule has 1 aliphatic carbocycles. The number of rotatable bonds is 3. The van der Waals surface area contributed by atoms with Gasteiger partial charge in [0.1, 0.15) is 5.00 Å². The average Bonchev–Trinajstić information content (AvgIpc) is 2.85. The minimum absolute atomic E-state index is 0.165. The highest BCUT2D eigenvalue weighted by Gasteiger charge is 2.28. The van der Waals surface area contributed by atoms with E-state index in [4.69, 9.17) is 11.6 Å². The van der Waals surface area contributed by atoms with Crippen molar-refractivity contribution in [2.24, 2.45) is 5.92 Å². The number of fused-ring (bicyclic) bond motifs is 1. The quantitative estimate of drug-likeness (QED) is 0.828. The van der Waals surface area contributed by atoms with Crippen LogP contribution in [0.4, 0.5) is 10.7 Å². The Kier molecular flexibility index (Phi) is 4.92. The fourth-order valence-corrected chi connectivity index (χ4v) is 4.55. The number of carbonyl (C=O) groups is 2. The lowest BCUT2D eigenvalue weighted by Gasteiger charge is -2.18. The fourth-order valence-electron chi connectivity index (χ4n) is 2.97. The lowest BCUT2D eigenvalue weighted by molar-refractivity contribution is -0.114. The van der Waals surface area contributed by atoms with Crippen molar-refractivity contribution < 1.29 is 9.59 Å². The molecule has 24 heavy (non-hydrogen) atoms. The second-order valence-electron chi connectivity index (χ2n) is 6.20. The summed E-state index contributed by atoms with van der Waals surface area (Å²) < 4.78 is 0. The lowest BCUT2D eigenvalue weighted by Crippen LogP contribution is -2.18. The molecule has 2 aromatic rings. The first-order valence-corrected chi connectivity index (χ1v) is 9.12. The predicted molar refractivity (Wildman–Crippen MR) is 99.2 cm³/mol. The van der Waals surface area contributed by atoms with Crippen LogP contribution in [0, 0.1) is 5.92 Å². The topological polar surface area (TPSA) is 58.2 Å². The maximum Gasteiger partial charge on any atom is 0.258 e. The van der Waals surface area contributed by atoms with Gasteiger partial charge in [-0.05, 0) is 55.0 Å². The molecule has 1 aromatic carbocycles. The molecule has 0 aliphatic heterocycles. The maximum absolute atomic E-state index is 12.8. The number of carbonyl (C=O) groups excluding carboxylic acids is 2. The zero-order valence-electron chi connectivity index (χ0n) is 13.6. The van der Waals surface area contributed by atoms with Gasteiger partial charge in [0.05, 0.1) is 5.56 Å². The van der Waals surface area contributed by atoms with E-state index >= 15 is 0 Å². The molecule has 0 bridgehead atoms. The zero-order chi connectivity index (χ0) is 17.3. The van der Waals surface area contributed by atoms with Gasteiger partial charge in [0.2, 0.25) is 5.91 Å². The fraction of sp³-hybridized carbons (Fsp3) is 0.333. The Morgan fingerprint density at radius 2 is 1.92 bits per heavy atom. The first kappa shape index (κ1) is 17.0. The van der Waals surface area contributed by atoms with Gasteiger partial charge in [-0.3, -0.25) is 9.59 Å². The van der Waals surface area contributed by atoms with Gasteiger partial charge in [-0.2, -0.15) is 0 Å². The highest BCUT2D eigenvalue weighted by molar-refractivity contribution is 7.17. The number of hydrogen-bond acceptors (Lipinski definition) is 3. The summed E-state index contributed by atoms with van der Waals surface area (Å²) in [5, 5.41) is 6.99. The van der Waals surface area contributed by atoms with Crippen LogP contribution >= 0.6 is 22.9 Å². The van der Waals surface area contributed by atoms with E-state index in [1.807, 2.05) is 0 Å². The molecule has 0 saturated carbocycles. The Balaban J connectivity index is 1.93.